The largest absolute Gasteiger partial charge is 0.398 e. The van der Waals surface area contributed by atoms with Crippen molar-refractivity contribution in [3.05, 3.63) is 29.6 Å². The molecule has 1 unspecified atom stereocenters. The van der Waals surface area contributed by atoms with E-state index in [1.807, 2.05) is 0 Å². The van der Waals surface area contributed by atoms with E-state index in [0.29, 0.717) is 25.4 Å². The van der Waals surface area contributed by atoms with E-state index in [9.17, 15) is 4.39 Å². The molecule has 0 radical (unpaired) electrons. The Labute approximate surface area is 99.8 Å². The Morgan fingerprint density at radius 3 is 3.06 bits per heavy atom. The molecule has 0 aromatic heterocycles. The van der Waals surface area contributed by atoms with E-state index in [-0.39, 0.29) is 18.5 Å². The molecule has 1 heterocycles. The van der Waals surface area contributed by atoms with Crippen molar-refractivity contribution in [2.75, 3.05) is 32.0 Å². The van der Waals surface area contributed by atoms with Crippen LogP contribution >= 0.6 is 0 Å². The predicted molar refractivity (Wildman–Crippen MR) is 62.9 cm³/mol. The quantitative estimate of drug-likeness (QED) is 0.760. The number of aliphatic hydroxyl groups is 1. The van der Waals surface area contributed by atoms with Gasteiger partial charge in [-0.3, -0.25) is 4.90 Å². The summed E-state index contributed by atoms with van der Waals surface area (Å²) in [5.41, 5.74) is 7.14. The molecule has 0 amide bonds. The van der Waals surface area contributed by atoms with Gasteiger partial charge in [0.2, 0.25) is 0 Å². The van der Waals surface area contributed by atoms with Crippen molar-refractivity contribution in [3.8, 4) is 0 Å². The van der Waals surface area contributed by atoms with Gasteiger partial charge in [-0.2, -0.15) is 0 Å². The first-order chi connectivity index (χ1) is 8.19. The van der Waals surface area contributed by atoms with Crippen LogP contribution in [0.15, 0.2) is 18.2 Å². The van der Waals surface area contributed by atoms with E-state index in [0.717, 1.165) is 12.1 Å². The first-order valence-corrected chi connectivity index (χ1v) is 5.68. The number of hydrogen-bond donors (Lipinski definition) is 2. The summed E-state index contributed by atoms with van der Waals surface area (Å²) in [6.07, 6.45) is -0.134. The second-order valence-corrected chi connectivity index (χ2v) is 4.25. The molecule has 1 fully saturated rings. The van der Waals surface area contributed by atoms with Crippen molar-refractivity contribution in [1.82, 2.24) is 4.90 Å². The van der Waals surface area contributed by atoms with Gasteiger partial charge in [0, 0.05) is 25.3 Å². The normalized spacial score (nSPS) is 21.6. The number of anilines is 1. The van der Waals surface area contributed by atoms with Gasteiger partial charge in [-0.25, -0.2) is 4.39 Å². The predicted octanol–water partition coefficient (Wildman–Crippen LogP) is 0.601. The van der Waals surface area contributed by atoms with Gasteiger partial charge in [0.1, 0.15) is 5.82 Å². The van der Waals surface area contributed by atoms with Crippen LogP contribution in [-0.2, 0) is 11.3 Å². The molecule has 1 atom stereocenters. The zero-order valence-electron chi connectivity index (χ0n) is 9.60. The molecular formula is C12H17FN2O2. The Kier molecular flexibility index (Phi) is 3.93. The molecule has 4 nitrogen and oxygen atoms in total. The summed E-state index contributed by atoms with van der Waals surface area (Å²) >= 11 is 0. The third-order valence-electron chi connectivity index (χ3n) is 2.93. The SMILES string of the molecule is Nc1cc(F)ccc1CN1CCOC(CO)C1. The summed E-state index contributed by atoms with van der Waals surface area (Å²) in [5, 5.41) is 9.04. The summed E-state index contributed by atoms with van der Waals surface area (Å²) in [5.74, 6) is -0.318. The highest BCUT2D eigenvalue weighted by atomic mass is 19.1. The maximum atomic E-state index is 12.9. The highest BCUT2D eigenvalue weighted by molar-refractivity contribution is 5.46. The van der Waals surface area contributed by atoms with E-state index < -0.39 is 0 Å². The number of ether oxygens (including phenoxy) is 1. The summed E-state index contributed by atoms with van der Waals surface area (Å²) in [6.45, 7) is 2.76. The molecule has 1 aromatic carbocycles. The van der Waals surface area contributed by atoms with Crippen LogP contribution in [0.1, 0.15) is 5.56 Å². The number of nitrogens with zero attached hydrogens (tertiary/aromatic N) is 1. The molecule has 2 rings (SSSR count). The molecular weight excluding hydrogens is 223 g/mol. The Morgan fingerprint density at radius 1 is 1.53 bits per heavy atom. The second kappa shape index (κ2) is 5.44. The lowest BCUT2D eigenvalue weighted by Crippen LogP contribution is -2.43. The fourth-order valence-electron chi connectivity index (χ4n) is 1.99. The Balaban J connectivity index is 2.00. The maximum Gasteiger partial charge on any atom is 0.125 e. The number of benzene rings is 1. The van der Waals surface area contributed by atoms with Crippen LogP contribution in [-0.4, -0.2) is 42.4 Å². The molecule has 94 valence electrons. The molecule has 17 heavy (non-hydrogen) atoms. The Bertz CT molecular complexity index is 387. The highest BCUT2D eigenvalue weighted by Crippen LogP contribution is 2.17. The van der Waals surface area contributed by atoms with Gasteiger partial charge in [-0.05, 0) is 17.7 Å². The van der Waals surface area contributed by atoms with E-state index >= 15 is 0 Å². The van der Waals surface area contributed by atoms with Crippen LogP contribution in [0, 0.1) is 5.82 Å². The van der Waals surface area contributed by atoms with Crippen LogP contribution < -0.4 is 5.73 Å². The molecule has 0 aliphatic carbocycles. The highest BCUT2D eigenvalue weighted by Gasteiger charge is 2.20. The number of aliphatic hydroxyl groups excluding tert-OH is 1. The van der Waals surface area contributed by atoms with Crippen LogP contribution in [0.4, 0.5) is 10.1 Å². The smallest absolute Gasteiger partial charge is 0.125 e. The lowest BCUT2D eigenvalue weighted by atomic mass is 10.1. The van der Waals surface area contributed by atoms with Crippen molar-refractivity contribution in [3.63, 3.8) is 0 Å². The third kappa shape index (κ3) is 3.15. The molecule has 0 bridgehead atoms. The summed E-state index contributed by atoms with van der Waals surface area (Å²) in [4.78, 5) is 2.15. The van der Waals surface area contributed by atoms with E-state index in [2.05, 4.69) is 4.90 Å². The molecule has 1 aliphatic heterocycles. The van der Waals surface area contributed by atoms with Crippen molar-refractivity contribution in [2.24, 2.45) is 0 Å². The molecule has 3 N–H and O–H groups in total. The van der Waals surface area contributed by atoms with E-state index in [4.69, 9.17) is 15.6 Å². The number of morpholine rings is 1. The first kappa shape index (κ1) is 12.3. The molecule has 0 saturated carbocycles. The minimum atomic E-state index is -0.318. The van der Waals surface area contributed by atoms with Crippen LogP contribution in [0.5, 0.6) is 0 Å². The Hall–Kier alpha value is -1.17. The van der Waals surface area contributed by atoms with Crippen molar-refractivity contribution in [2.45, 2.75) is 12.6 Å². The number of nitrogens with two attached hydrogens (primary N) is 1. The van der Waals surface area contributed by atoms with Gasteiger partial charge < -0.3 is 15.6 Å². The van der Waals surface area contributed by atoms with Gasteiger partial charge in [0.05, 0.1) is 19.3 Å². The average molecular weight is 240 g/mol. The first-order valence-electron chi connectivity index (χ1n) is 5.68. The minimum absolute atomic E-state index is 0.0232. The van der Waals surface area contributed by atoms with Crippen molar-refractivity contribution in [1.29, 1.82) is 0 Å². The number of hydrogen-bond acceptors (Lipinski definition) is 4. The lowest BCUT2D eigenvalue weighted by Gasteiger charge is -2.32. The fraction of sp³-hybridized carbons (Fsp3) is 0.500. The van der Waals surface area contributed by atoms with Gasteiger partial charge in [0.25, 0.3) is 0 Å². The molecule has 0 spiro atoms. The fourth-order valence-corrected chi connectivity index (χ4v) is 1.99. The van der Waals surface area contributed by atoms with Crippen molar-refractivity contribution >= 4 is 5.69 Å². The van der Waals surface area contributed by atoms with Gasteiger partial charge >= 0.3 is 0 Å². The van der Waals surface area contributed by atoms with Crippen LogP contribution in [0.3, 0.4) is 0 Å². The molecule has 1 aliphatic rings. The number of nitrogen functional groups attached to an aromatic ring is 1. The topological polar surface area (TPSA) is 58.7 Å². The number of rotatable bonds is 3. The molecule has 5 heteroatoms. The molecule has 1 aromatic rings. The standard InChI is InChI=1S/C12H17FN2O2/c13-10-2-1-9(12(14)5-10)6-15-3-4-17-11(7-15)8-16/h1-2,5,11,16H,3-4,6-8,14H2. The van der Waals surface area contributed by atoms with E-state index in [1.165, 1.54) is 12.1 Å². The third-order valence-corrected chi connectivity index (χ3v) is 2.93. The van der Waals surface area contributed by atoms with Gasteiger partial charge in [0.15, 0.2) is 0 Å². The Morgan fingerprint density at radius 2 is 2.35 bits per heavy atom. The van der Waals surface area contributed by atoms with E-state index in [1.54, 1.807) is 6.07 Å². The van der Waals surface area contributed by atoms with Gasteiger partial charge in [-0.15, -0.1) is 0 Å². The summed E-state index contributed by atoms with van der Waals surface area (Å²) in [7, 11) is 0. The second-order valence-electron chi connectivity index (χ2n) is 4.25. The summed E-state index contributed by atoms with van der Waals surface area (Å²) in [6, 6.07) is 4.45. The van der Waals surface area contributed by atoms with Crippen LogP contribution in [0.2, 0.25) is 0 Å². The lowest BCUT2D eigenvalue weighted by molar-refractivity contribution is -0.0550. The molecule has 1 saturated heterocycles. The average Bonchev–Trinajstić information content (AvgIpc) is 2.33. The van der Waals surface area contributed by atoms with Crippen molar-refractivity contribution < 1.29 is 14.2 Å². The zero-order chi connectivity index (χ0) is 12.3. The van der Waals surface area contributed by atoms with Crippen LogP contribution in [0.25, 0.3) is 0 Å². The van der Waals surface area contributed by atoms with Gasteiger partial charge in [-0.1, -0.05) is 6.07 Å². The summed E-state index contributed by atoms with van der Waals surface area (Å²) < 4.78 is 18.3. The minimum Gasteiger partial charge on any atom is -0.398 e. The monoisotopic (exact) mass is 240 g/mol. The maximum absolute atomic E-state index is 12.9. The number of halogens is 1. The zero-order valence-corrected chi connectivity index (χ0v) is 9.60.